The number of carbonyl (C=O) groups excluding carboxylic acids is 1. The molecule has 0 saturated carbocycles. The molecule has 1 N–H and O–H groups in total. The number of thiophene rings is 1. The van der Waals surface area contributed by atoms with Gasteiger partial charge < -0.3 is 5.32 Å². The normalized spacial score (nSPS) is 19.1. The van der Waals surface area contributed by atoms with Gasteiger partial charge in [-0.25, -0.2) is 8.42 Å². The van der Waals surface area contributed by atoms with Gasteiger partial charge in [0.2, 0.25) is 5.91 Å². The number of carbonyl (C=O) groups is 1. The Bertz CT molecular complexity index is 1100. The van der Waals surface area contributed by atoms with Crippen LogP contribution in [0.3, 0.4) is 0 Å². The van der Waals surface area contributed by atoms with Crippen LogP contribution in [0.15, 0.2) is 64.2 Å². The summed E-state index contributed by atoms with van der Waals surface area (Å²) in [5, 5.41) is 7.12. The highest BCUT2D eigenvalue weighted by atomic mass is 32.2. The fraction of sp³-hybridized carbons (Fsp3) is 0.318. The summed E-state index contributed by atoms with van der Waals surface area (Å²) in [7, 11) is -3.52. The molecule has 3 aromatic rings. The first-order valence-corrected chi connectivity index (χ1v) is 12.1. The lowest BCUT2D eigenvalue weighted by Crippen LogP contribution is -2.45. The number of amides is 1. The number of piperidine rings is 1. The van der Waals surface area contributed by atoms with Crippen molar-refractivity contribution in [1.82, 2.24) is 9.62 Å². The number of nitrogens with one attached hydrogen (secondary N) is 1. The number of nitrogens with zero attached hydrogens (tertiary/aromatic N) is 1. The van der Waals surface area contributed by atoms with E-state index in [9.17, 15) is 13.2 Å². The van der Waals surface area contributed by atoms with Crippen molar-refractivity contribution in [3.05, 3.63) is 65.5 Å². The van der Waals surface area contributed by atoms with E-state index >= 15 is 0 Å². The largest absolute Gasteiger partial charge is 0.349 e. The second-order valence-electron chi connectivity index (χ2n) is 7.43. The molecule has 2 atom stereocenters. The Balaban J connectivity index is 1.48. The molecular formula is C22H24N2O3S2. The van der Waals surface area contributed by atoms with Crippen molar-refractivity contribution in [3.63, 3.8) is 0 Å². The van der Waals surface area contributed by atoms with Crippen molar-refractivity contribution in [2.24, 2.45) is 5.92 Å². The first-order chi connectivity index (χ1) is 14.0. The summed E-state index contributed by atoms with van der Waals surface area (Å²) in [6, 6.07) is 17.4. The van der Waals surface area contributed by atoms with Gasteiger partial charge in [-0.15, -0.1) is 11.3 Å². The van der Waals surface area contributed by atoms with E-state index in [1.165, 1.54) is 15.6 Å². The predicted octanol–water partition coefficient (Wildman–Crippen LogP) is 4.18. The fourth-order valence-corrected chi connectivity index (χ4v) is 6.62. The van der Waals surface area contributed by atoms with E-state index in [0.29, 0.717) is 23.6 Å². The highest BCUT2D eigenvalue weighted by Crippen LogP contribution is 2.28. The number of rotatable bonds is 5. The second-order valence-corrected chi connectivity index (χ2v) is 10.5. The Morgan fingerprint density at radius 1 is 1.14 bits per heavy atom. The van der Waals surface area contributed by atoms with Gasteiger partial charge in [-0.2, -0.15) is 4.31 Å². The average Bonchev–Trinajstić information content (AvgIpc) is 3.29. The topological polar surface area (TPSA) is 66.5 Å². The van der Waals surface area contributed by atoms with Crippen LogP contribution in [0, 0.1) is 5.92 Å². The maximum Gasteiger partial charge on any atom is 0.252 e. The third kappa shape index (κ3) is 4.08. The molecular weight excluding hydrogens is 404 g/mol. The summed E-state index contributed by atoms with van der Waals surface area (Å²) in [5.41, 5.74) is 1.07. The first kappa shape index (κ1) is 20.1. The second kappa shape index (κ2) is 8.26. The zero-order valence-electron chi connectivity index (χ0n) is 16.2. The van der Waals surface area contributed by atoms with E-state index in [0.717, 1.165) is 16.3 Å². The van der Waals surface area contributed by atoms with Crippen molar-refractivity contribution in [2.45, 2.75) is 30.0 Å². The van der Waals surface area contributed by atoms with E-state index in [4.69, 9.17) is 0 Å². The highest BCUT2D eigenvalue weighted by molar-refractivity contribution is 7.91. The molecule has 7 heteroatoms. The smallest absolute Gasteiger partial charge is 0.252 e. The van der Waals surface area contributed by atoms with Crippen molar-refractivity contribution < 1.29 is 13.2 Å². The van der Waals surface area contributed by atoms with Gasteiger partial charge in [0, 0.05) is 13.1 Å². The van der Waals surface area contributed by atoms with Crippen molar-refractivity contribution in [1.29, 1.82) is 0 Å². The van der Waals surface area contributed by atoms with Crippen LogP contribution in [-0.4, -0.2) is 31.7 Å². The molecule has 0 spiro atoms. The van der Waals surface area contributed by atoms with E-state index in [1.54, 1.807) is 17.5 Å². The third-order valence-electron chi connectivity index (χ3n) is 5.49. The van der Waals surface area contributed by atoms with Crippen molar-refractivity contribution in [2.75, 3.05) is 13.1 Å². The molecule has 152 valence electrons. The van der Waals surface area contributed by atoms with Crippen LogP contribution in [0.5, 0.6) is 0 Å². The molecule has 2 heterocycles. The third-order valence-corrected chi connectivity index (χ3v) is 8.73. The highest BCUT2D eigenvalue weighted by Gasteiger charge is 2.34. The lowest BCUT2D eigenvalue weighted by atomic mass is 9.96. The zero-order chi connectivity index (χ0) is 20.4. The zero-order valence-corrected chi connectivity index (χ0v) is 17.9. The molecule has 29 heavy (non-hydrogen) atoms. The molecule has 2 aromatic carbocycles. The Kier molecular flexibility index (Phi) is 5.72. The lowest BCUT2D eigenvalue weighted by Gasteiger charge is -2.31. The van der Waals surface area contributed by atoms with Gasteiger partial charge in [0.25, 0.3) is 10.0 Å². The van der Waals surface area contributed by atoms with Crippen molar-refractivity contribution in [3.8, 4) is 0 Å². The molecule has 0 unspecified atom stereocenters. The molecule has 0 radical (unpaired) electrons. The monoisotopic (exact) mass is 428 g/mol. The molecule has 0 aliphatic carbocycles. The molecule has 1 fully saturated rings. The maximum atomic E-state index is 12.9. The summed E-state index contributed by atoms with van der Waals surface area (Å²) in [4.78, 5) is 12.9. The predicted molar refractivity (Wildman–Crippen MR) is 116 cm³/mol. The van der Waals surface area contributed by atoms with E-state index in [2.05, 4.69) is 23.5 Å². The van der Waals surface area contributed by atoms with Gasteiger partial charge in [0.1, 0.15) is 4.21 Å². The Morgan fingerprint density at radius 3 is 2.72 bits per heavy atom. The van der Waals surface area contributed by atoms with Gasteiger partial charge in [0.15, 0.2) is 0 Å². The molecule has 0 bridgehead atoms. The van der Waals surface area contributed by atoms with Crippen LogP contribution in [0.25, 0.3) is 10.8 Å². The van der Waals surface area contributed by atoms with Gasteiger partial charge in [0.05, 0.1) is 12.0 Å². The molecule has 1 aliphatic rings. The standard InChI is InChI=1S/C22H24N2O3S2/c1-16(19-11-4-8-17-7-2-3-10-20(17)19)23-22(25)18-9-5-13-24(15-18)29(26,27)21-12-6-14-28-21/h2-4,6-8,10-12,14,16,18H,5,9,13,15H2,1H3,(H,23,25)/t16-,18-/m1/s1. The van der Waals surface area contributed by atoms with Gasteiger partial charge in [-0.05, 0) is 47.5 Å². The Labute approximate surface area is 175 Å². The molecule has 5 nitrogen and oxygen atoms in total. The van der Waals surface area contributed by atoms with Crippen LogP contribution in [0.4, 0.5) is 0 Å². The molecule has 1 amide bonds. The maximum absolute atomic E-state index is 12.9. The van der Waals surface area contributed by atoms with Crippen LogP contribution >= 0.6 is 11.3 Å². The van der Waals surface area contributed by atoms with Crippen LogP contribution in [0.2, 0.25) is 0 Å². The summed E-state index contributed by atoms with van der Waals surface area (Å²) >= 11 is 1.21. The summed E-state index contributed by atoms with van der Waals surface area (Å²) < 4.78 is 27.4. The summed E-state index contributed by atoms with van der Waals surface area (Å²) in [5.74, 6) is -0.424. The van der Waals surface area contributed by atoms with E-state index < -0.39 is 10.0 Å². The van der Waals surface area contributed by atoms with Crippen LogP contribution in [-0.2, 0) is 14.8 Å². The molecule has 1 aliphatic heterocycles. The molecule has 1 saturated heterocycles. The number of benzene rings is 2. The Hall–Kier alpha value is -2.22. The van der Waals surface area contributed by atoms with Crippen LogP contribution < -0.4 is 5.32 Å². The SMILES string of the molecule is C[C@@H](NC(=O)[C@@H]1CCCN(S(=O)(=O)c2cccs2)C1)c1cccc2ccccc12. The quantitative estimate of drug-likeness (QED) is 0.663. The molecule has 1 aromatic heterocycles. The van der Waals surface area contributed by atoms with Gasteiger partial charge >= 0.3 is 0 Å². The minimum absolute atomic E-state index is 0.0866. The van der Waals surface area contributed by atoms with Gasteiger partial charge in [-0.3, -0.25) is 4.79 Å². The summed E-state index contributed by atoms with van der Waals surface area (Å²) in [6.07, 6.45) is 1.38. The van der Waals surface area contributed by atoms with Crippen LogP contribution in [0.1, 0.15) is 31.4 Å². The number of hydrogen-bond donors (Lipinski definition) is 1. The number of fused-ring (bicyclic) bond motifs is 1. The first-order valence-electron chi connectivity index (χ1n) is 9.78. The van der Waals surface area contributed by atoms with E-state index in [1.807, 2.05) is 31.2 Å². The lowest BCUT2D eigenvalue weighted by molar-refractivity contribution is -0.126. The summed E-state index contributed by atoms with van der Waals surface area (Å²) in [6.45, 7) is 2.67. The van der Waals surface area contributed by atoms with Gasteiger partial charge in [-0.1, -0.05) is 48.5 Å². The number of sulfonamides is 1. The minimum atomic E-state index is -3.52. The Morgan fingerprint density at radius 2 is 1.93 bits per heavy atom. The fourth-order valence-electron chi connectivity index (χ4n) is 3.95. The average molecular weight is 429 g/mol. The molecule has 4 rings (SSSR count). The number of hydrogen-bond acceptors (Lipinski definition) is 4. The minimum Gasteiger partial charge on any atom is -0.349 e. The van der Waals surface area contributed by atoms with Crippen molar-refractivity contribution >= 4 is 38.0 Å². The van der Waals surface area contributed by atoms with E-state index in [-0.39, 0.29) is 24.4 Å².